The van der Waals surface area contributed by atoms with Crippen molar-refractivity contribution < 1.29 is 9.47 Å². The van der Waals surface area contributed by atoms with Crippen LogP contribution in [0.5, 0.6) is 11.5 Å². The predicted octanol–water partition coefficient (Wildman–Crippen LogP) is 2.75. The molecule has 0 saturated carbocycles. The summed E-state index contributed by atoms with van der Waals surface area (Å²) < 4.78 is 17.1. The van der Waals surface area contributed by atoms with Crippen LogP contribution in [0.4, 0.5) is 0 Å². The Morgan fingerprint density at radius 2 is 1.58 bits per heavy atom. The molecule has 0 spiro atoms. The number of imidazole rings is 2. The second kappa shape index (κ2) is 7.70. The van der Waals surface area contributed by atoms with Crippen LogP contribution in [0, 0.1) is 0 Å². The van der Waals surface area contributed by atoms with Gasteiger partial charge in [-0.05, 0) is 55.5 Å². The van der Waals surface area contributed by atoms with Crippen molar-refractivity contribution in [1.29, 1.82) is 0 Å². The van der Waals surface area contributed by atoms with Crippen LogP contribution in [0.1, 0.15) is 6.92 Å². The molecule has 0 amide bonds. The standard InChI is InChI=1S/C24H23N5O4/c1-5-33-18-12-8-16(9-13-18)29-19(15-6-10-17(32-4)11-7-15)14-28-20-21(25-23(28)29)26(2)24(31)27(3)22(20)30/h6-14H,5H2,1-4H3. The second-order valence-electron chi connectivity index (χ2n) is 7.66. The van der Waals surface area contributed by atoms with Crippen molar-refractivity contribution in [2.45, 2.75) is 6.92 Å². The minimum absolute atomic E-state index is 0.332. The fourth-order valence-electron chi connectivity index (χ4n) is 4.05. The van der Waals surface area contributed by atoms with Crippen molar-refractivity contribution in [2.24, 2.45) is 14.1 Å². The van der Waals surface area contributed by atoms with E-state index < -0.39 is 11.2 Å². The Hall–Kier alpha value is -4.27. The van der Waals surface area contributed by atoms with Gasteiger partial charge in [0.2, 0.25) is 5.78 Å². The van der Waals surface area contributed by atoms with E-state index in [9.17, 15) is 9.59 Å². The third-order valence-corrected chi connectivity index (χ3v) is 5.76. The molecular weight excluding hydrogens is 422 g/mol. The summed E-state index contributed by atoms with van der Waals surface area (Å²) in [5.74, 6) is 2.04. The summed E-state index contributed by atoms with van der Waals surface area (Å²) >= 11 is 0. The average molecular weight is 445 g/mol. The number of hydrogen-bond acceptors (Lipinski definition) is 5. The Kier molecular flexibility index (Phi) is 4.81. The van der Waals surface area contributed by atoms with Gasteiger partial charge >= 0.3 is 5.69 Å². The van der Waals surface area contributed by atoms with Crippen LogP contribution in [0.15, 0.2) is 64.3 Å². The van der Waals surface area contributed by atoms with Gasteiger partial charge in [0.1, 0.15) is 11.5 Å². The predicted molar refractivity (Wildman–Crippen MR) is 126 cm³/mol. The number of hydrogen-bond donors (Lipinski definition) is 0. The number of methoxy groups -OCH3 is 1. The first kappa shape index (κ1) is 20.6. The van der Waals surface area contributed by atoms with Gasteiger partial charge in [-0.1, -0.05) is 0 Å². The summed E-state index contributed by atoms with van der Waals surface area (Å²) in [7, 11) is 4.71. The number of fused-ring (bicyclic) bond motifs is 3. The lowest BCUT2D eigenvalue weighted by atomic mass is 10.1. The summed E-state index contributed by atoms with van der Waals surface area (Å²) in [5, 5.41) is 0. The fraction of sp³-hybridized carbons (Fsp3) is 0.208. The molecule has 9 heteroatoms. The highest BCUT2D eigenvalue weighted by Crippen LogP contribution is 2.30. The topological polar surface area (TPSA) is 84.7 Å². The maximum absolute atomic E-state index is 13.0. The van der Waals surface area contributed by atoms with Crippen molar-refractivity contribution >= 4 is 16.9 Å². The number of aromatic nitrogens is 5. The maximum Gasteiger partial charge on any atom is 0.332 e. The van der Waals surface area contributed by atoms with Crippen LogP contribution in [-0.2, 0) is 14.1 Å². The van der Waals surface area contributed by atoms with E-state index in [-0.39, 0.29) is 0 Å². The van der Waals surface area contributed by atoms with Gasteiger partial charge in [0.25, 0.3) is 5.56 Å². The van der Waals surface area contributed by atoms with E-state index in [1.54, 1.807) is 18.6 Å². The number of benzene rings is 2. The molecule has 5 rings (SSSR count). The van der Waals surface area contributed by atoms with Crippen molar-refractivity contribution in [1.82, 2.24) is 23.1 Å². The van der Waals surface area contributed by atoms with E-state index in [1.165, 1.54) is 11.6 Å². The smallest absolute Gasteiger partial charge is 0.332 e. The van der Waals surface area contributed by atoms with Gasteiger partial charge in [-0.3, -0.25) is 22.9 Å². The van der Waals surface area contributed by atoms with Crippen LogP contribution in [-0.4, -0.2) is 36.8 Å². The number of nitrogens with zero attached hydrogens (tertiary/aromatic N) is 5. The number of ether oxygens (including phenoxy) is 2. The van der Waals surface area contributed by atoms with E-state index in [0.29, 0.717) is 23.5 Å². The molecular formula is C24H23N5O4. The first-order chi connectivity index (χ1) is 15.9. The third kappa shape index (κ3) is 3.12. The number of aryl methyl sites for hydroxylation is 1. The van der Waals surface area contributed by atoms with Gasteiger partial charge < -0.3 is 9.47 Å². The summed E-state index contributed by atoms with van der Waals surface area (Å²) in [6.07, 6.45) is 1.87. The summed E-state index contributed by atoms with van der Waals surface area (Å²) in [6, 6.07) is 15.3. The minimum atomic E-state index is -0.420. The molecule has 0 aliphatic heterocycles. The molecule has 9 nitrogen and oxygen atoms in total. The molecule has 5 aromatic rings. The highest BCUT2D eigenvalue weighted by Gasteiger charge is 2.21. The van der Waals surface area contributed by atoms with Crippen molar-refractivity contribution in [3.63, 3.8) is 0 Å². The minimum Gasteiger partial charge on any atom is -0.497 e. The Labute approximate surface area is 188 Å². The molecule has 0 aliphatic rings. The summed E-state index contributed by atoms with van der Waals surface area (Å²) in [4.78, 5) is 30.2. The molecule has 0 fully saturated rings. The zero-order valence-corrected chi connectivity index (χ0v) is 18.8. The SMILES string of the molecule is CCOc1ccc(-n2c(-c3ccc(OC)cc3)cn3c4c(=O)n(C)c(=O)n(C)c4nc23)cc1. The van der Waals surface area contributed by atoms with Crippen molar-refractivity contribution in [3.05, 3.63) is 75.6 Å². The molecule has 168 valence electrons. The molecule has 0 radical (unpaired) electrons. The summed E-state index contributed by atoms with van der Waals surface area (Å²) in [6.45, 7) is 2.51. The summed E-state index contributed by atoms with van der Waals surface area (Å²) in [5.41, 5.74) is 2.46. The zero-order chi connectivity index (χ0) is 23.3. The normalized spacial score (nSPS) is 11.4. The van der Waals surface area contributed by atoms with E-state index in [2.05, 4.69) is 0 Å². The van der Waals surface area contributed by atoms with Gasteiger partial charge in [0.05, 0.1) is 19.4 Å². The van der Waals surface area contributed by atoms with Gasteiger partial charge in [-0.15, -0.1) is 0 Å². The highest BCUT2D eigenvalue weighted by molar-refractivity contribution is 5.79. The molecule has 0 N–H and O–H groups in total. The van der Waals surface area contributed by atoms with Gasteiger partial charge in [0, 0.05) is 31.5 Å². The van der Waals surface area contributed by atoms with E-state index in [0.717, 1.165) is 33.0 Å². The van der Waals surface area contributed by atoms with E-state index in [1.807, 2.05) is 66.2 Å². The highest BCUT2D eigenvalue weighted by atomic mass is 16.5. The van der Waals surface area contributed by atoms with Crippen LogP contribution in [0.2, 0.25) is 0 Å². The first-order valence-corrected chi connectivity index (χ1v) is 10.5. The second-order valence-corrected chi connectivity index (χ2v) is 7.66. The average Bonchev–Trinajstić information content (AvgIpc) is 3.39. The molecule has 0 bridgehead atoms. The Morgan fingerprint density at radius 1 is 0.909 bits per heavy atom. The van der Waals surface area contributed by atoms with E-state index in [4.69, 9.17) is 14.5 Å². The maximum atomic E-state index is 13.0. The molecule has 33 heavy (non-hydrogen) atoms. The Balaban J connectivity index is 1.85. The Morgan fingerprint density at radius 3 is 2.21 bits per heavy atom. The van der Waals surface area contributed by atoms with Gasteiger partial charge in [-0.25, -0.2) is 4.79 Å². The largest absolute Gasteiger partial charge is 0.497 e. The molecule has 0 unspecified atom stereocenters. The Bertz CT molecular complexity index is 1600. The molecule has 2 aromatic carbocycles. The van der Waals surface area contributed by atoms with Crippen LogP contribution in [0.25, 0.3) is 33.9 Å². The molecule has 3 heterocycles. The lowest BCUT2D eigenvalue weighted by Gasteiger charge is -2.11. The third-order valence-electron chi connectivity index (χ3n) is 5.76. The van der Waals surface area contributed by atoms with E-state index >= 15 is 0 Å². The number of rotatable bonds is 5. The monoisotopic (exact) mass is 445 g/mol. The quantitative estimate of drug-likeness (QED) is 0.415. The first-order valence-electron chi connectivity index (χ1n) is 10.5. The lowest BCUT2D eigenvalue weighted by molar-refractivity contribution is 0.340. The molecule has 0 aliphatic carbocycles. The van der Waals surface area contributed by atoms with Gasteiger partial charge in [-0.2, -0.15) is 4.98 Å². The fourth-order valence-corrected chi connectivity index (χ4v) is 4.05. The molecule has 0 saturated heterocycles. The van der Waals surface area contributed by atoms with Crippen LogP contribution in [0.3, 0.4) is 0 Å². The van der Waals surface area contributed by atoms with Crippen molar-refractivity contribution in [3.8, 4) is 28.4 Å². The molecule has 3 aromatic heterocycles. The lowest BCUT2D eigenvalue weighted by Crippen LogP contribution is -2.37. The van der Waals surface area contributed by atoms with Crippen LogP contribution < -0.4 is 20.7 Å². The molecule has 0 atom stereocenters. The van der Waals surface area contributed by atoms with Crippen molar-refractivity contribution in [2.75, 3.05) is 13.7 Å². The zero-order valence-electron chi connectivity index (χ0n) is 18.8. The van der Waals surface area contributed by atoms with Crippen LogP contribution >= 0.6 is 0 Å². The van der Waals surface area contributed by atoms with Gasteiger partial charge in [0.15, 0.2) is 11.2 Å².